The van der Waals surface area contributed by atoms with Gasteiger partial charge in [-0.25, -0.2) is 4.39 Å². The van der Waals surface area contributed by atoms with E-state index in [1.807, 2.05) is 6.07 Å². The molecule has 5 rings (SSSR count). The molecule has 1 saturated heterocycles. The van der Waals surface area contributed by atoms with Crippen LogP contribution in [-0.4, -0.2) is 56.1 Å². The van der Waals surface area contributed by atoms with Crippen molar-refractivity contribution in [2.24, 2.45) is 0 Å². The lowest BCUT2D eigenvalue weighted by molar-refractivity contribution is 0.0742. The van der Waals surface area contributed by atoms with Crippen LogP contribution in [0.3, 0.4) is 0 Å². The fourth-order valence-corrected chi connectivity index (χ4v) is 5.02. The van der Waals surface area contributed by atoms with Gasteiger partial charge in [0.1, 0.15) is 11.6 Å². The highest BCUT2D eigenvalue weighted by Crippen LogP contribution is 2.32. The van der Waals surface area contributed by atoms with Gasteiger partial charge in [-0.05, 0) is 48.7 Å². The molecule has 2 unspecified atom stereocenters. The Morgan fingerprint density at radius 1 is 1.12 bits per heavy atom. The molecule has 1 fully saturated rings. The van der Waals surface area contributed by atoms with Crippen molar-refractivity contribution >= 4 is 17.2 Å². The number of rotatable bonds is 6. The van der Waals surface area contributed by atoms with E-state index in [9.17, 15) is 9.18 Å². The zero-order valence-corrected chi connectivity index (χ0v) is 18.7. The predicted octanol–water partition coefficient (Wildman–Crippen LogP) is 4.23. The molecule has 1 aromatic heterocycles. The van der Waals surface area contributed by atoms with Gasteiger partial charge in [0.15, 0.2) is 5.76 Å². The standard InChI is InChI=1S/C26H28FN3O3/c1-32-24-17-19(27)9-11-22(24)29-12-14-30(15-13-29)25(26(31)23-7-4-16-33-23)21-10-8-18-5-2-3-6-20(18)28-21/h2-7,9,11,16-17,21,25,28H,8,10,12-15H2,1H3. The molecular weight excluding hydrogens is 421 g/mol. The third-order valence-electron chi connectivity index (χ3n) is 6.69. The van der Waals surface area contributed by atoms with Crippen molar-refractivity contribution in [3.63, 3.8) is 0 Å². The molecule has 6 nitrogen and oxygen atoms in total. The number of ether oxygens (including phenoxy) is 1. The number of piperazine rings is 1. The van der Waals surface area contributed by atoms with E-state index in [2.05, 4.69) is 33.3 Å². The van der Waals surface area contributed by atoms with E-state index in [0.29, 0.717) is 37.7 Å². The van der Waals surface area contributed by atoms with Crippen LogP contribution in [0.1, 0.15) is 22.5 Å². The molecule has 0 aliphatic carbocycles. The van der Waals surface area contributed by atoms with E-state index < -0.39 is 0 Å². The summed E-state index contributed by atoms with van der Waals surface area (Å²) in [5, 5.41) is 3.63. The van der Waals surface area contributed by atoms with Gasteiger partial charge in [-0.15, -0.1) is 0 Å². The molecule has 0 saturated carbocycles. The van der Waals surface area contributed by atoms with Crippen LogP contribution in [0.15, 0.2) is 65.3 Å². The molecule has 7 heteroatoms. The van der Waals surface area contributed by atoms with Crippen molar-refractivity contribution in [1.82, 2.24) is 4.90 Å². The lowest BCUT2D eigenvalue weighted by atomic mass is 9.89. The summed E-state index contributed by atoms with van der Waals surface area (Å²) in [6.07, 6.45) is 3.36. The average Bonchev–Trinajstić information content (AvgIpc) is 3.40. The molecule has 2 atom stereocenters. The van der Waals surface area contributed by atoms with Crippen molar-refractivity contribution in [3.8, 4) is 5.75 Å². The minimum atomic E-state index is -0.332. The monoisotopic (exact) mass is 449 g/mol. The van der Waals surface area contributed by atoms with E-state index in [0.717, 1.165) is 24.2 Å². The second-order valence-corrected chi connectivity index (χ2v) is 8.57. The lowest BCUT2D eigenvalue weighted by Crippen LogP contribution is -2.58. The highest BCUT2D eigenvalue weighted by Gasteiger charge is 2.38. The molecular formula is C26H28FN3O3. The fraction of sp³-hybridized carbons (Fsp3) is 0.346. The summed E-state index contributed by atoms with van der Waals surface area (Å²) in [5.74, 6) is 0.604. The van der Waals surface area contributed by atoms with Crippen molar-refractivity contribution < 1.29 is 18.3 Å². The summed E-state index contributed by atoms with van der Waals surface area (Å²) in [4.78, 5) is 18.0. The smallest absolute Gasteiger partial charge is 0.217 e. The number of carbonyl (C=O) groups is 1. The molecule has 0 bridgehead atoms. The molecule has 3 aromatic rings. The number of hydrogen-bond donors (Lipinski definition) is 1. The number of aryl methyl sites for hydroxylation is 1. The number of anilines is 2. The zero-order chi connectivity index (χ0) is 22.8. The van der Waals surface area contributed by atoms with Crippen LogP contribution in [-0.2, 0) is 6.42 Å². The van der Waals surface area contributed by atoms with Crippen molar-refractivity contribution in [3.05, 3.63) is 78.0 Å². The van der Waals surface area contributed by atoms with Gasteiger partial charge >= 0.3 is 0 Å². The summed E-state index contributed by atoms with van der Waals surface area (Å²) >= 11 is 0. The van der Waals surface area contributed by atoms with Gasteiger partial charge in [0.25, 0.3) is 0 Å². The van der Waals surface area contributed by atoms with E-state index in [1.165, 1.54) is 17.7 Å². The molecule has 2 aromatic carbocycles. The van der Waals surface area contributed by atoms with Gasteiger partial charge in [0.05, 0.1) is 25.1 Å². The number of furan rings is 1. The molecule has 172 valence electrons. The Morgan fingerprint density at radius 3 is 2.70 bits per heavy atom. The van der Waals surface area contributed by atoms with Gasteiger partial charge in [0, 0.05) is 44.0 Å². The summed E-state index contributed by atoms with van der Waals surface area (Å²) in [5.41, 5.74) is 3.25. The number of nitrogens with one attached hydrogen (secondary N) is 1. The number of methoxy groups -OCH3 is 1. The Kier molecular flexibility index (Phi) is 6.05. The van der Waals surface area contributed by atoms with Crippen LogP contribution in [0.2, 0.25) is 0 Å². The Balaban J connectivity index is 1.36. The molecule has 3 heterocycles. The second-order valence-electron chi connectivity index (χ2n) is 8.57. The fourth-order valence-electron chi connectivity index (χ4n) is 5.02. The van der Waals surface area contributed by atoms with Gasteiger partial charge in [0.2, 0.25) is 5.78 Å². The zero-order valence-electron chi connectivity index (χ0n) is 18.7. The summed E-state index contributed by atoms with van der Waals surface area (Å²) in [7, 11) is 1.55. The van der Waals surface area contributed by atoms with Gasteiger partial charge in [-0.3, -0.25) is 9.69 Å². The molecule has 0 radical (unpaired) electrons. The lowest BCUT2D eigenvalue weighted by Gasteiger charge is -2.43. The van der Waals surface area contributed by atoms with E-state index in [4.69, 9.17) is 9.15 Å². The summed E-state index contributed by atoms with van der Waals surface area (Å²) in [6.45, 7) is 2.84. The van der Waals surface area contributed by atoms with Crippen LogP contribution < -0.4 is 15.0 Å². The SMILES string of the molecule is COc1cc(F)ccc1N1CCN(C(C(=O)c2ccco2)C2CCc3ccccc3N2)CC1. The number of Topliss-reactive ketones (excluding diaryl/α,β-unsaturated/α-hetero) is 1. The van der Waals surface area contributed by atoms with Gasteiger partial charge < -0.3 is 19.4 Å². The second kappa shape index (κ2) is 9.27. The quantitative estimate of drug-likeness (QED) is 0.569. The third-order valence-corrected chi connectivity index (χ3v) is 6.69. The Morgan fingerprint density at radius 2 is 1.94 bits per heavy atom. The minimum Gasteiger partial charge on any atom is -0.494 e. The normalized spacial score (nSPS) is 19.5. The molecule has 2 aliphatic rings. The highest BCUT2D eigenvalue weighted by molar-refractivity contribution is 5.98. The number of hydrogen-bond acceptors (Lipinski definition) is 6. The Hall–Kier alpha value is -3.32. The average molecular weight is 450 g/mol. The first kappa shape index (κ1) is 21.5. The number of nitrogens with zero attached hydrogens (tertiary/aromatic N) is 2. The molecule has 1 N–H and O–H groups in total. The first-order chi connectivity index (χ1) is 16.1. The number of para-hydroxylation sites is 1. The maximum absolute atomic E-state index is 13.6. The van der Waals surface area contributed by atoms with Crippen molar-refractivity contribution in [2.75, 3.05) is 43.5 Å². The molecule has 33 heavy (non-hydrogen) atoms. The maximum atomic E-state index is 13.6. The summed E-state index contributed by atoms with van der Waals surface area (Å²) < 4.78 is 24.5. The summed E-state index contributed by atoms with van der Waals surface area (Å²) in [6, 6.07) is 16.1. The van der Waals surface area contributed by atoms with Crippen LogP contribution in [0, 0.1) is 5.82 Å². The maximum Gasteiger partial charge on any atom is 0.217 e. The van der Waals surface area contributed by atoms with Crippen LogP contribution >= 0.6 is 0 Å². The van der Waals surface area contributed by atoms with Crippen LogP contribution in [0.5, 0.6) is 5.75 Å². The largest absolute Gasteiger partial charge is 0.494 e. The van der Waals surface area contributed by atoms with Crippen LogP contribution in [0.25, 0.3) is 0 Å². The number of fused-ring (bicyclic) bond motifs is 1. The van der Waals surface area contributed by atoms with E-state index in [-0.39, 0.29) is 23.7 Å². The number of halogens is 1. The van der Waals surface area contributed by atoms with Crippen molar-refractivity contribution in [2.45, 2.75) is 24.9 Å². The van der Waals surface area contributed by atoms with E-state index in [1.54, 1.807) is 31.6 Å². The molecule has 0 spiro atoms. The van der Waals surface area contributed by atoms with E-state index >= 15 is 0 Å². The number of carbonyl (C=O) groups excluding carboxylic acids is 1. The first-order valence-electron chi connectivity index (χ1n) is 11.4. The highest BCUT2D eigenvalue weighted by atomic mass is 19.1. The predicted molar refractivity (Wildman–Crippen MR) is 126 cm³/mol. The number of benzene rings is 2. The van der Waals surface area contributed by atoms with Gasteiger partial charge in [-0.2, -0.15) is 0 Å². The first-order valence-corrected chi connectivity index (χ1v) is 11.4. The number of ketones is 1. The van der Waals surface area contributed by atoms with Gasteiger partial charge in [-0.1, -0.05) is 18.2 Å². The molecule has 2 aliphatic heterocycles. The Bertz CT molecular complexity index is 1110. The van der Waals surface area contributed by atoms with Crippen LogP contribution in [0.4, 0.5) is 15.8 Å². The minimum absolute atomic E-state index is 0.00435. The Labute approximate surface area is 192 Å². The topological polar surface area (TPSA) is 58.0 Å². The molecule has 0 amide bonds. The third kappa shape index (κ3) is 4.33. The van der Waals surface area contributed by atoms with Crippen molar-refractivity contribution in [1.29, 1.82) is 0 Å².